The van der Waals surface area contributed by atoms with Gasteiger partial charge in [-0.2, -0.15) is 0 Å². The summed E-state index contributed by atoms with van der Waals surface area (Å²) in [5, 5.41) is 12.5. The first-order valence-corrected chi connectivity index (χ1v) is 12.2. The molecule has 1 atom stereocenters. The topological polar surface area (TPSA) is 82.2 Å². The molecule has 0 radical (unpaired) electrons. The van der Waals surface area contributed by atoms with Crippen LogP contribution in [0.4, 0.5) is 0 Å². The molecule has 0 bridgehead atoms. The van der Waals surface area contributed by atoms with Crippen molar-refractivity contribution in [1.82, 2.24) is 20.1 Å². The minimum atomic E-state index is -0.0765. The Kier molecular flexibility index (Phi) is 7.69. The van der Waals surface area contributed by atoms with E-state index in [-0.39, 0.29) is 17.7 Å². The number of thioether (sulfide) groups is 1. The van der Waals surface area contributed by atoms with Crippen molar-refractivity contribution in [3.63, 3.8) is 0 Å². The number of aryl methyl sites for hydroxylation is 1. The molecule has 4 aromatic rings. The summed E-state index contributed by atoms with van der Waals surface area (Å²) in [4.78, 5) is 12.7. The minimum Gasteiger partial charge on any atom is -0.497 e. The van der Waals surface area contributed by atoms with Crippen molar-refractivity contribution < 1.29 is 13.9 Å². The maximum Gasteiger partial charge on any atom is 0.230 e. The van der Waals surface area contributed by atoms with Gasteiger partial charge in [0.1, 0.15) is 11.5 Å². The molecule has 2 aromatic heterocycles. The standard InChI is InChI=1S/C26H28N4O3S/c1-4-19-10-12-20(13-11-19)18(2)27-24(31)17-34-26-29-28-25(21-7-5-8-22(15-21)32-3)30(26)16-23-9-6-14-33-23/h5-15,18H,4,16-17H2,1-3H3,(H,27,31). The van der Waals surface area contributed by atoms with E-state index in [0.717, 1.165) is 29.1 Å². The molecule has 2 heterocycles. The molecule has 0 fully saturated rings. The molecule has 0 aliphatic heterocycles. The second kappa shape index (κ2) is 11.1. The van der Waals surface area contributed by atoms with Crippen LogP contribution >= 0.6 is 11.8 Å². The monoisotopic (exact) mass is 476 g/mol. The third-order valence-corrected chi connectivity index (χ3v) is 6.50. The molecule has 1 N–H and O–H groups in total. The maximum absolute atomic E-state index is 12.7. The second-order valence-corrected chi connectivity index (χ2v) is 8.82. The lowest BCUT2D eigenvalue weighted by molar-refractivity contribution is -0.119. The molecule has 0 saturated heterocycles. The number of carbonyl (C=O) groups is 1. The number of methoxy groups -OCH3 is 1. The van der Waals surface area contributed by atoms with Crippen LogP contribution in [-0.2, 0) is 17.8 Å². The van der Waals surface area contributed by atoms with Gasteiger partial charge < -0.3 is 14.5 Å². The van der Waals surface area contributed by atoms with Gasteiger partial charge in [-0.05, 0) is 48.7 Å². The van der Waals surface area contributed by atoms with Crippen molar-refractivity contribution >= 4 is 17.7 Å². The van der Waals surface area contributed by atoms with Gasteiger partial charge in [0.05, 0.1) is 31.7 Å². The highest BCUT2D eigenvalue weighted by molar-refractivity contribution is 7.99. The molecule has 0 aliphatic rings. The van der Waals surface area contributed by atoms with Crippen LogP contribution in [0.15, 0.2) is 76.5 Å². The fraction of sp³-hybridized carbons (Fsp3) is 0.269. The van der Waals surface area contributed by atoms with Crippen molar-refractivity contribution in [2.24, 2.45) is 0 Å². The summed E-state index contributed by atoms with van der Waals surface area (Å²) in [5.74, 6) is 2.36. The van der Waals surface area contributed by atoms with Crippen LogP contribution in [0.1, 0.15) is 36.8 Å². The molecule has 4 rings (SSSR count). The van der Waals surface area contributed by atoms with E-state index in [1.807, 2.05) is 47.9 Å². The minimum absolute atomic E-state index is 0.0625. The van der Waals surface area contributed by atoms with Crippen molar-refractivity contribution in [2.45, 2.75) is 38.0 Å². The second-order valence-electron chi connectivity index (χ2n) is 7.88. The van der Waals surface area contributed by atoms with Crippen LogP contribution in [0.5, 0.6) is 5.75 Å². The number of hydrogen-bond donors (Lipinski definition) is 1. The lowest BCUT2D eigenvalue weighted by Gasteiger charge is -2.15. The van der Waals surface area contributed by atoms with Crippen molar-refractivity contribution in [3.05, 3.63) is 83.8 Å². The van der Waals surface area contributed by atoms with Gasteiger partial charge in [0.15, 0.2) is 11.0 Å². The predicted octanol–water partition coefficient (Wildman–Crippen LogP) is 5.13. The zero-order chi connectivity index (χ0) is 23.9. The average molecular weight is 477 g/mol. The summed E-state index contributed by atoms with van der Waals surface area (Å²) in [5.41, 5.74) is 3.23. The first kappa shape index (κ1) is 23.6. The number of nitrogens with zero attached hydrogens (tertiary/aromatic N) is 3. The highest BCUT2D eigenvalue weighted by atomic mass is 32.2. The summed E-state index contributed by atoms with van der Waals surface area (Å²) < 4.78 is 12.9. The Morgan fingerprint density at radius 3 is 2.68 bits per heavy atom. The van der Waals surface area contributed by atoms with E-state index in [4.69, 9.17) is 9.15 Å². The average Bonchev–Trinajstić information content (AvgIpc) is 3.53. The van der Waals surface area contributed by atoms with Gasteiger partial charge in [0.2, 0.25) is 5.91 Å². The number of amides is 1. The SMILES string of the molecule is CCc1ccc(C(C)NC(=O)CSc2nnc(-c3cccc(OC)c3)n2Cc2ccco2)cc1. The highest BCUT2D eigenvalue weighted by Gasteiger charge is 2.18. The zero-order valence-corrected chi connectivity index (χ0v) is 20.3. The largest absolute Gasteiger partial charge is 0.497 e. The van der Waals surface area contributed by atoms with Crippen molar-refractivity contribution in [1.29, 1.82) is 0 Å². The van der Waals surface area contributed by atoms with Gasteiger partial charge >= 0.3 is 0 Å². The summed E-state index contributed by atoms with van der Waals surface area (Å²) >= 11 is 1.35. The first-order valence-electron chi connectivity index (χ1n) is 11.2. The van der Waals surface area contributed by atoms with Gasteiger partial charge in [0.25, 0.3) is 0 Å². The van der Waals surface area contributed by atoms with Crippen LogP contribution < -0.4 is 10.1 Å². The Morgan fingerprint density at radius 1 is 1.15 bits per heavy atom. The Hall–Kier alpha value is -3.52. The van der Waals surface area contributed by atoms with E-state index in [2.05, 4.69) is 46.7 Å². The third kappa shape index (κ3) is 5.69. The fourth-order valence-electron chi connectivity index (χ4n) is 3.61. The van der Waals surface area contributed by atoms with E-state index in [1.54, 1.807) is 13.4 Å². The summed E-state index contributed by atoms with van der Waals surface area (Å²) in [6.45, 7) is 4.57. The Balaban J connectivity index is 1.48. The smallest absolute Gasteiger partial charge is 0.230 e. The number of benzene rings is 2. The van der Waals surface area contributed by atoms with E-state index in [1.165, 1.54) is 17.3 Å². The summed E-state index contributed by atoms with van der Waals surface area (Å²) in [7, 11) is 1.63. The quantitative estimate of drug-likeness (QED) is 0.320. The molecule has 176 valence electrons. The fourth-order valence-corrected chi connectivity index (χ4v) is 4.36. The van der Waals surface area contributed by atoms with Gasteiger partial charge in [-0.15, -0.1) is 10.2 Å². The van der Waals surface area contributed by atoms with Gasteiger partial charge in [0, 0.05) is 5.56 Å². The summed E-state index contributed by atoms with van der Waals surface area (Å²) in [6, 6.07) is 19.7. The summed E-state index contributed by atoms with van der Waals surface area (Å²) in [6.07, 6.45) is 2.63. The van der Waals surface area contributed by atoms with Crippen LogP contribution in [0.3, 0.4) is 0 Å². The normalized spacial score (nSPS) is 11.9. The molecular weight excluding hydrogens is 448 g/mol. The number of ether oxygens (including phenoxy) is 1. The van der Waals surface area contributed by atoms with Crippen LogP contribution in [0.2, 0.25) is 0 Å². The number of carbonyl (C=O) groups excluding carboxylic acids is 1. The number of furan rings is 1. The Bertz CT molecular complexity index is 1220. The molecule has 0 saturated carbocycles. The van der Waals surface area contributed by atoms with Crippen LogP contribution in [-0.4, -0.2) is 33.5 Å². The van der Waals surface area contributed by atoms with Crippen LogP contribution in [0.25, 0.3) is 11.4 Å². The lowest BCUT2D eigenvalue weighted by Crippen LogP contribution is -2.28. The molecule has 8 heteroatoms. The lowest BCUT2D eigenvalue weighted by atomic mass is 10.1. The Labute approximate surface area is 203 Å². The van der Waals surface area contributed by atoms with E-state index in [0.29, 0.717) is 17.5 Å². The third-order valence-electron chi connectivity index (χ3n) is 5.54. The molecule has 0 spiro atoms. The number of hydrogen-bond acceptors (Lipinski definition) is 6. The van der Waals surface area contributed by atoms with Gasteiger partial charge in [-0.3, -0.25) is 9.36 Å². The Morgan fingerprint density at radius 2 is 1.97 bits per heavy atom. The van der Waals surface area contributed by atoms with Crippen molar-refractivity contribution in [3.8, 4) is 17.1 Å². The molecule has 34 heavy (non-hydrogen) atoms. The number of rotatable bonds is 10. The molecule has 1 unspecified atom stereocenters. The molecule has 0 aliphatic carbocycles. The van der Waals surface area contributed by atoms with E-state index < -0.39 is 0 Å². The van der Waals surface area contributed by atoms with E-state index >= 15 is 0 Å². The highest BCUT2D eigenvalue weighted by Crippen LogP contribution is 2.27. The van der Waals surface area contributed by atoms with Crippen LogP contribution in [0, 0.1) is 0 Å². The maximum atomic E-state index is 12.7. The van der Waals surface area contributed by atoms with E-state index in [9.17, 15) is 4.79 Å². The molecule has 1 amide bonds. The molecule has 7 nitrogen and oxygen atoms in total. The predicted molar refractivity (Wildman–Crippen MR) is 133 cm³/mol. The van der Waals surface area contributed by atoms with Gasteiger partial charge in [-0.25, -0.2) is 0 Å². The number of nitrogens with one attached hydrogen (secondary N) is 1. The van der Waals surface area contributed by atoms with Crippen molar-refractivity contribution in [2.75, 3.05) is 12.9 Å². The first-order chi connectivity index (χ1) is 16.6. The number of aromatic nitrogens is 3. The molecule has 2 aromatic carbocycles. The molecular formula is C26H28N4O3S. The van der Waals surface area contributed by atoms with Gasteiger partial charge in [-0.1, -0.05) is 55.1 Å². The zero-order valence-electron chi connectivity index (χ0n) is 19.5.